The van der Waals surface area contributed by atoms with Crippen LogP contribution in [-0.4, -0.2) is 5.78 Å². The van der Waals surface area contributed by atoms with Crippen molar-refractivity contribution in [2.45, 2.75) is 12.8 Å². The maximum Gasteiger partial charge on any atom is 0.189 e. The molecular weight excluding hydrogens is 303 g/mol. The summed E-state index contributed by atoms with van der Waals surface area (Å²) in [5.74, 6) is 0.744. The number of carbonyl (C=O) groups is 1. The number of fused-ring (bicyclic) bond motifs is 1. The largest absolute Gasteiger partial charge is 0.457 e. The molecule has 1 heterocycles. The molecule has 0 unspecified atom stereocenters. The lowest BCUT2D eigenvalue weighted by molar-refractivity contribution is 0.102. The highest BCUT2D eigenvalue weighted by atomic mass is 19.1. The Bertz CT molecular complexity index is 950. The molecule has 4 rings (SSSR count). The molecule has 1 aliphatic carbocycles. The van der Waals surface area contributed by atoms with Gasteiger partial charge < -0.3 is 4.42 Å². The fourth-order valence-corrected chi connectivity index (χ4v) is 3.06. The van der Waals surface area contributed by atoms with Gasteiger partial charge in [0, 0.05) is 11.1 Å². The summed E-state index contributed by atoms with van der Waals surface area (Å²) in [5, 5.41) is 0. The quantitative estimate of drug-likeness (QED) is 0.600. The number of ketones is 1. The molecule has 2 aromatic carbocycles. The first-order valence-electron chi connectivity index (χ1n) is 7.90. The van der Waals surface area contributed by atoms with Crippen molar-refractivity contribution < 1.29 is 13.6 Å². The van der Waals surface area contributed by atoms with E-state index in [1.807, 2.05) is 24.3 Å². The van der Waals surface area contributed by atoms with E-state index < -0.39 is 0 Å². The van der Waals surface area contributed by atoms with Gasteiger partial charge in [0.25, 0.3) is 0 Å². The Hall–Kier alpha value is -2.94. The van der Waals surface area contributed by atoms with Crippen LogP contribution in [0.3, 0.4) is 0 Å². The smallest absolute Gasteiger partial charge is 0.189 e. The first-order valence-corrected chi connectivity index (χ1v) is 7.90. The van der Waals surface area contributed by atoms with E-state index in [0.29, 0.717) is 23.5 Å². The van der Waals surface area contributed by atoms with Gasteiger partial charge in [-0.05, 0) is 48.7 Å². The molecule has 0 saturated heterocycles. The Kier molecular flexibility index (Phi) is 3.62. The number of allylic oxidation sites excluding steroid dienone is 1. The minimum Gasteiger partial charge on any atom is -0.457 e. The lowest BCUT2D eigenvalue weighted by atomic mass is 9.86. The third-order valence-electron chi connectivity index (χ3n) is 4.30. The number of hydrogen-bond acceptors (Lipinski definition) is 2. The standard InChI is InChI=1S/C21H15FO2/c22-19-8-4-3-7-18(19)20-12-11-16(24-20)13-15-10-9-14-5-1-2-6-17(14)21(15)23/h1-8,11-13H,9-10H2/b15-13+. The van der Waals surface area contributed by atoms with E-state index in [2.05, 4.69) is 0 Å². The Morgan fingerprint density at radius 3 is 2.46 bits per heavy atom. The predicted octanol–water partition coefficient (Wildman–Crippen LogP) is 5.30. The summed E-state index contributed by atoms with van der Waals surface area (Å²) in [6.45, 7) is 0. The number of hydrogen-bond donors (Lipinski definition) is 0. The number of halogens is 1. The van der Waals surface area contributed by atoms with Gasteiger partial charge in [0.15, 0.2) is 5.78 Å². The monoisotopic (exact) mass is 318 g/mol. The van der Waals surface area contributed by atoms with Crippen LogP contribution in [0.1, 0.15) is 28.1 Å². The van der Waals surface area contributed by atoms with Crippen molar-refractivity contribution in [3.63, 3.8) is 0 Å². The Labute approximate surface area is 139 Å². The third-order valence-corrected chi connectivity index (χ3v) is 4.30. The van der Waals surface area contributed by atoms with Crippen molar-refractivity contribution in [2.75, 3.05) is 0 Å². The SMILES string of the molecule is O=C1/C(=C/c2ccc(-c3ccccc3F)o2)CCc2ccccc21. The van der Waals surface area contributed by atoms with Crippen LogP contribution in [0.4, 0.5) is 4.39 Å². The van der Waals surface area contributed by atoms with Gasteiger partial charge in [0.2, 0.25) is 0 Å². The molecule has 1 aliphatic rings. The Morgan fingerprint density at radius 2 is 1.62 bits per heavy atom. The second kappa shape index (κ2) is 5.93. The summed E-state index contributed by atoms with van der Waals surface area (Å²) < 4.78 is 19.6. The van der Waals surface area contributed by atoms with Crippen LogP contribution < -0.4 is 0 Å². The summed E-state index contributed by atoms with van der Waals surface area (Å²) >= 11 is 0. The number of rotatable bonds is 2. The Morgan fingerprint density at radius 1 is 0.875 bits per heavy atom. The van der Waals surface area contributed by atoms with Gasteiger partial charge in [-0.3, -0.25) is 4.79 Å². The van der Waals surface area contributed by atoms with Crippen LogP contribution in [0.5, 0.6) is 0 Å². The molecule has 0 radical (unpaired) electrons. The molecule has 24 heavy (non-hydrogen) atoms. The van der Waals surface area contributed by atoms with Crippen molar-refractivity contribution in [1.82, 2.24) is 0 Å². The molecule has 3 aromatic rings. The van der Waals surface area contributed by atoms with Gasteiger partial charge in [-0.1, -0.05) is 36.4 Å². The van der Waals surface area contributed by atoms with Gasteiger partial charge in [0.05, 0.1) is 5.56 Å². The predicted molar refractivity (Wildman–Crippen MR) is 91.2 cm³/mol. The van der Waals surface area contributed by atoms with Crippen LogP contribution in [0, 0.1) is 5.82 Å². The molecule has 0 N–H and O–H groups in total. The maximum atomic E-state index is 13.8. The molecule has 0 spiro atoms. The first-order chi connectivity index (χ1) is 11.7. The first kappa shape index (κ1) is 14.6. The van der Waals surface area contributed by atoms with Gasteiger partial charge in [0.1, 0.15) is 17.3 Å². The molecule has 118 valence electrons. The molecule has 0 fully saturated rings. The normalized spacial score (nSPS) is 15.5. The number of aryl methyl sites for hydroxylation is 1. The number of Topliss-reactive ketones (excluding diaryl/α,β-unsaturated/α-hetero) is 1. The van der Waals surface area contributed by atoms with Gasteiger partial charge >= 0.3 is 0 Å². The van der Waals surface area contributed by atoms with Crippen LogP contribution in [0.25, 0.3) is 17.4 Å². The minimum absolute atomic E-state index is 0.0423. The number of benzene rings is 2. The van der Waals surface area contributed by atoms with Crippen molar-refractivity contribution >= 4 is 11.9 Å². The fraction of sp³-hybridized carbons (Fsp3) is 0.0952. The summed E-state index contributed by atoms with van der Waals surface area (Å²) in [6, 6.07) is 17.7. The molecule has 0 amide bonds. The topological polar surface area (TPSA) is 30.2 Å². The second-order valence-corrected chi connectivity index (χ2v) is 5.84. The molecular formula is C21H15FO2. The lowest BCUT2D eigenvalue weighted by Gasteiger charge is -2.16. The van der Waals surface area contributed by atoms with Crippen molar-refractivity contribution in [1.29, 1.82) is 0 Å². The van der Waals surface area contributed by atoms with Crippen LogP contribution in [0.15, 0.2) is 70.7 Å². The van der Waals surface area contributed by atoms with Crippen LogP contribution >= 0.6 is 0 Å². The van der Waals surface area contributed by atoms with Crippen LogP contribution in [-0.2, 0) is 6.42 Å². The molecule has 0 saturated carbocycles. The zero-order valence-electron chi connectivity index (χ0n) is 13.0. The van der Waals surface area contributed by atoms with Crippen molar-refractivity contribution in [3.05, 3.63) is 88.9 Å². The molecule has 1 aromatic heterocycles. The third kappa shape index (κ3) is 2.58. The van der Waals surface area contributed by atoms with E-state index in [4.69, 9.17) is 4.42 Å². The summed E-state index contributed by atoms with van der Waals surface area (Å²) in [5.41, 5.74) is 2.99. The molecule has 0 bridgehead atoms. The zero-order chi connectivity index (χ0) is 16.5. The molecule has 0 aliphatic heterocycles. The molecule has 3 heteroatoms. The summed E-state index contributed by atoms with van der Waals surface area (Å²) in [7, 11) is 0. The number of carbonyl (C=O) groups excluding carboxylic acids is 1. The fourth-order valence-electron chi connectivity index (χ4n) is 3.06. The molecule has 2 nitrogen and oxygen atoms in total. The average Bonchev–Trinajstić information content (AvgIpc) is 3.06. The summed E-state index contributed by atoms with van der Waals surface area (Å²) in [4.78, 5) is 12.6. The van der Waals surface area contributed by atoms with Gasteiger partial charge in [-0.15, -0.1) is 0 Å². The maximum absolute atomic E-state index is 13.8. The van der Waals surface area contributed by atoms with Gasteiger partial charge in [-0.2, -0.15) is 0 Å². The van der Waals surface area contributed by atoms with Crippen molar-refractivity contribution in [3.8, 4) is 11.3 Å². The van der Waals surface area contributed by atoms with Crippen molar-refractivity contribution in [2.24, 2.45) is 0 Å². The lowest BCUT2D eigenvalue weighted by Crippen LogP contribution is -2.13. The number of furan rings is 1. The summed E-state index contributed by atoms with van der Waals surface area (Å²) in [6.07, 6.45) is 3.29. The second-order valence-electron chi connectivity index (χ2n) is 5.84. The van der Waals surface area contributed by atoms with E-state index in [-0.39, 0.29) is 11.6 Å². The minimum atomic E-state index is -0.325. The highest BCUT2D eigenvalue weighted by molar-refractivity contribution is 6.13. The van der Waals surface area contributed by atoms with E-state index in [1.54, 1.807) is 36.4 Å². The highest BCUT2D eigenvalue weighted by Crippen LogP contribution is 2.29. The highest BCUT2D eigenvalue weighted by Gasteiger charge is 2.21. The van der Waals surface area contributed by atoms with E-state index in [1.165, 1.54) is 6.07 Å². The average molecular weight is 318 g/mol. The molecule has 0 atom stereocenters. The van der Waals surface area contributed by atoms with Gasteiger partial charge in [-0.25, -0.2) is 4.39 Å². The zero-order valence-corrected chi connectivity index (χ0v) is 13.0. The van der Waals surface area contributed by atoms with Crippen LogP contribution in [0.2, 0.25) is 0 Å². The van der Waals surface area contributed by atoms with E-state index in [0.717, 1.165) is 23.1 Å². The Balaban J connectivity index is 1.66. The van der Waals surface area contributed by atoms with E-state index in [9.17, 15) is 9.18 Å². The van der Waals surface area contributed by atoms with E-state index >= 15 is 0 Å².